The molecule has 55 heavy (non-hydrogen) atoms. The summed E-state index contributed by atoms with van der Waals surface area (Å²) in [6.07, 6.45) is 0.361. The van der Waals surface area contributed by atoms with Crippen molar-refractivity contribution in [3.05, 3.63) is 0 Å². The van der Waals surface area contributed by atoms with Gasteiger partial charge in [0.15, 0.2) is 0 Å². The Labute approximate surface area is 330 Å². The lowest BCUT2D eigenvalue weighted by Gasteiger charge is -2.20. The van der Waals surface area contributed by atoms with Crippen LogP contribution >= 0.6 is 0 Å². The van der Waals surface area contributed by atoms with Gasteiger partial charge in [-0.25, -0.2) is 9.59 Å². The lowest BCUT2D eigenvalue weighted by Crippen LogP contribution is -2.34. The van der Waals surface area contributed by atoms with Crippen molar-refractivity contribution in [3.8, 4) is 0 Å². The maximum absolute atomic E-state index is 11.7. The number of nitrogens with one attached hydrogen (secondary N) is 2. The molecular weight excluding hydrogens is 724 g/mol. The van der Waals surface area contributed by atoms with E-state index in [9.17, 15) is 9.59 Å². The van der Waals surface area contributed by atoms with Crippen LogP contribution in [0.5, 0.6) is 0 Å². The summed E-state index contributed by atoms with van der Waals surface area (Å²) in [5.74, 6) is 0. The fourth-order valence-electron chi connectivity index (χ4n) is 4.04. The second-order valence-corrected chi connectivity index (χ2v) is 14.2. The zero-order chi connectivity index (χ0) is 40.9. The molecule has 0 saturated heterocycles. The molecular formula is C38H76N2O15. The van der Waals surface area contributed by atoms with Gasteiger partial charge in [0.1, 0.15) is 23.4 Å². The summed E-state index contributed by atoms with van der Waals surface area (Å²) in [4.78, 5) is 23.5. The Balaban J connectivity index is 4.50. The molecule has 0 aromatic carbocycles. The quantitative estimate of drug-likeness (QED) is 0.0862. The fourth-order valence-corrected chi connectivity index (χ4v) is 4.04. The summed E-state index contributed by atoms with van der Waals surface area (Å²) in [6, 6.07) is 0. The van der Waals surface area contributed by atoms with Gasteiger partial charge in [-0.1, -0.05) is 13.8 Å². The highest BCUT2D eigenvalue weighted by atomic mass is 16.6. The highest BCUT2D eigenvalue weighted by Crippen LogP contribution is 2.07. The van der Waals surface area contributed by atoms with E-state index >= 15 is 0 Å². The molecule has 17 heteroatoms. The third kappa shape index (κ3) is 41.6. The van der Waals surface area contributed by atoms with E-state index in [0.717, 1.165) is 12.8 Å². The van der Waals surface area contributed by atoms with Crippen LogP contribution in [-0.4, -0.2) is 181 Å². The molecule has 0 aromatic rings. The molecule has 0 aliphatic carbocycles. The summed E-state index contributed by atoms with van der Waals surface area (Å²) >= 11 is 0. The van der Waals surface area contributed by atoms with Crippen LogP contribution in [0, 0.1) is 0 Å². The van der Waals surface area contributed by atoms with Crippen molar-refractivity contribution in [2.45, 2.75) is 91.6 Å². The lowest BCUT2D eigenvalue weighted by atomic mass is 10.2. The largest absolute Gasteiger partial charge is 0.444 e. The molecule has 0 atom stereocenters. The Morgan fingerprint density at radius 1 is 0.400 bits per heavy atom. The molecule has 0 rings (SSSR count). The van der Waals surface area contributed by atoms with Crippen LogP contribution in [0.4, 0.5) is 9.59 Å². The van der Waals surface area contributed by atoms with Gasteiger partial charge in [0.25, 0.3) is 0 Å². The molecule has 0 aliphatic heterocycles. The molecule has 328 valence electrons. The third-order valence-electron chi connectivity index (χ3n) is 6.39. The van der Waals surface area contributed by atoms with Crippen molar-refractivity contribution < 1.29 is 71.2 Å². The van der Waals surface area contributed by atoms with E-state index in [2.05, 4.69) is 24.5 Å². The normalized spacial score (nSPS) is 12.1. The van der Waals surface area contributed by atoms with Crippen molar-refractivity contribution in [2.75, 3.05) is 145 Å². The number of hydrogen-bond donors (Lipinski definition) is 2. The third-order valence-corrected chi connectivity index (χ3v) is 6.39. The van der Waals surface area contributed by atoms with E-state index in [1.54, 1.807) is 41.5 Å². The highest BCUT2D eigenvalue weighted by molar-refractivity contribution is 5.67. The Morgan fingerprint density at radius 3 is 0.982 bits per heavy atom. The standard InChI is InChI=1S/C38H76N2O15/c1-9-13-43-17-21-48-29-33(30-49-22-18-44-14-10-2)52-27-25-47-26-28-53-34(31-50-23-19-45-15-11-39-35(41)54-37(3,4)5)32-51-24-20-46-16-12-40-36(42)55-38(6,7)8/h33-34H,9-32H2,1-8H3,(H,39,41)(H,40,42). The number of carbonyl (C=O) groups is 2. The Kier molecular flexibility index (Phi) is 35.2. The van der Waals surface area contributed by atoms with Crippen LogP contribution in [0.1, 0.15) is 68.2 Å². The minimum Gasteiger partial charge on any atom is -0.444 e. The van der Waals surface area contributed by atoms with Crippen LogP contribution in [0.15, 0.2) is 0 Å². The predicted octanol–water partition coefficient (Wildman–Crippen LogP) is 3.78. The van der Waals surface area contributed by atoms with Crippen LogP contribution in [0.3, 0.4) is 0 Å². The first-order valence-corrected chi connectivity index (χ1v) is 19.7. The molecule has 0 spiro atoms. The first kappa shape index (κ1) is 53.1. The maximum atomic E-state index is 11.7. The molecule has 0 aromatic heterocycles. The summed E-state index contributed by atoms with van der Waals surface area (Å²) in [5, 5.41) is 5.29. The first-order valence-electron chi connectivity index (χ1n) is 19.7. The van der Waals surface area contributed by atoms with Gasteiger partial charge in [0.05, 0.1) is 119 Å². The Bertz CT molecular complexity index is 814. The number of alkyl carbamates (subject to hydrolysis) is 2. The van der Waals surface area contributed by atoms with Crippen molar-refractivity contribution in [1.82, 2.24) is 10.6 Å². The van der Waals surface area contributed by atoms with Crippen LogP contribution in [0.2, 0.25) is 0 Å². The number of amides is 2. The minimum absolute atomic E-state index is 0.244. The summed E-state index contributed by atoms with van der Waals surface area (Å²) < 4.78 is 73.2. The molecule has 2 N–H and O–H groups in total. The maximum Gasteiger partial charge on any atom is 0.407 e. The van der Waals surface area contributed by atoms with E-state index in [4.69, 9.17) is 61.6 Å². The summed E-state index contributed by atoms with van der Waals surface area (Å²) in [6.45, 7) is 23.8. The lowest BCUT2D eigenvalue weighted by molar-refractivity contribution is -0.0961. The second kappa shape index (κ2) is 36.4. The van der Waals surface area contributed by atoms with Gasteiger partial charge in [-0.2, -0.15) is 0 Å². The number of ether oxygens (including phenoxy) is 13. The van der Waals surface area contributed by atoms with E-state index < -0.39 is 23.4 Å². The average molecular weight is 801 g/mol. The zero-order valence-corrected chi connectivity index (χ0v) is 35.2. The van der Waals surface area contributed by atoms with Crippen molar-refractivity contribution >= 4 is 12.2 Å². The average Bonchev–Trinajstić information content (AvgIpc) is 3.10. The molecule has 17 nitrogen and oxygen atoms in total. The van der Waals surface area contributed by atoms with Gasteiger partial charge >= 0.3 is 12.2 Å². The van der Waals surface area contributed by atoms with Crippen LogP contribution in [-0.2, 0) is 61.6 Å². The van der Waals surface area contributed by atoms with Crippen molar-refractivity contribution in [3.63, 3.8) is 0 Å². The molecule has 0 heterocycles. The topological polar surface area (TPSA) is 178 Å². The van der Waals surface area contributed by atoms with Crippen LogP contribution < -0.4 is 10.6 Å². The predicted molar refractivity (Wildman–Crippen MR) is 206 cm³/mol. The Morgan fingerprint density at radius 2 is 0.673 bits per heavy atom. The number of hydrogen-bond acceptors (Lipinski definition) is 15. The van der Waals surface area contributed by atoms with Crippen LogP contribution in [0.25, 0.3) is 0 Å². The van der Waals surface area contributed by atoms with Gasteiger partial charge in [0, 0.05) is 26.3 Å². The highest BCUT2D eigenvalue weighted by Gasteiger charge is 2.17. The number of rotatable bonds is 38. The molecule has 0 saturated carbocycles. The summed E-state index contributed by atoms with van der Waals surface area (Å²) in [7, 11) is 0. The zero-order valence-electron chi connectivity index (χ0n) is 35.2. The van der Waals surface area contributed by atoms with Gasteiger partial charge in [0.2, 0.25) is 0 Å². The van der Waals surface area contributed by atoms with Gasteiger partial charge < -0.3 is 72.2 Å². The molecule has 0 unspecified atom stereocenters. The van der Waals surface area contributed by atoms with E-state index in [-0.39, 0.29) is 25.4 Å². The number of carbonyl (C=O) groups excluding carboxylic acids is 2. The van der Waals surface area contributed by atoms with E-state index in [0.29, 0.717) is 132 Å². The minimum atomic E-state index is -0.558. The molecule has 2 amide bonds. The van der Waals surface area contributed by atoms with E-state index in [1.807, 2.05) is 0 Å². The Hall–Kier alpha value is -1.90. The molecule has 0 aliphatic rings. The molecule has 0 bridgehead atoms. The smallest absolute Gasteiger partial charge is 0.407 e. The van der Waals surface area contributed by atoms with Crippen molar-refractivity contribution in [2.24, 2.45) is 0 Å². The van der Waals surface area contributed by atoms with Gasteiger partial charge in [-0.15, -0.1) is 0 Å². The first-order chi connectivity index (χ1) is 26.4. The van der Waals surface area contributed by atoms with E-state index in [1.165, 1.54) is 0 Å². The van der Waals surface area contributed by atoms with Crippen molar-refractivity contribution in [1.29, 1.82) is 0 Å². The monoisotopic (exact) mass is 801 g/mol. The second-order valence-electron chi connectivity index (χ2n) is 14.2. The molecule has 0 radical (unpaired) electrons. The molecule has 0 fully saturated rings. The van der Waals surface area contributed by atoms with Gasteiger partial charge in [-0.05, 0) is 54.4 Å². The van der Waals surface area contributed by atoms with Gasteiger partial charge in [-0.3, -0.25) is 0 Å². The fraction of sp³-hybridized carbons (Fsp3) is 0.947. The summed E-state index contributed by atoms with van der Waals surface area (Å²) in [5.41, 5.74) is -1.12. The SMILES string of the molecule is CCCOCCOCC(COCCOCCC)OCCOCCOC(COCCOCCNC(=O)OC(C)(C)C)COCCOCCNC(=O)OC(C)(C)C.